The fraction of sp³-hybridized carbons (Fsp3) is 0.579. The van der Waals surface area contributed by atoms with Crippen LogP contribution in [0.2, 0.25) is 0 Å². The molecule has 1 saturated carbocycles. The van der Waals surface area contributed by atoms with Crippen molar-refractivity contribution in [2.75, 3.05) is 0 Å². The Morgan fingerprint density at radius 1 is 1.14 bits per heavy atom. The van der Waals surface area contributed by atoms with Crippen LogP contribution in [0.1, 0.15) is 57.8 Å². The number of fused-ring (bicyclic) bond motifs is 3. The molecule has 0 radical (unpaired) electrons. The van der Waals surface area contributed by atoms with Crippen molar-refractivity contribution in [2.24, 2.45) is 10.9 Å². The van der Waals surface area contributed by atoms with Gasteiger partial charge in [-0.2, -0.15) is 0 Å². The maximum absolute atomic E-state index is 11.9. The van der Waals surface area contributed by atoms with Gasteiger partial charge in [-0.15, -0.1) is 0 Å². The molecule has 3 heteroatoms. The molecule has 3 nitrogen and oxygen atoms in total. The van der Waals surface area contributed by atoms with E-state index in [0.717, 1.165) is 17.8 Å². The van der Waals surface area contributed by atoms with Crippen molar-refractivity contribution in [3.05, 3.63) is 35.2 Å². The number of allylic oxidation sites excluding steroid dienone is 5. The Morgan fingerprint density at radius 2 is 2.05 bits per heavy atom. The number of ketones is 1. The Bertz CT molecular complexity index is 682. The SMILES string of the molecule is O=C1C=CC2=N[C@]34CCCC[C@H]3CC3=C(CCCC3)N4C2=C1. The van der Waals surface area contributed by atoms with E-state index in [-0.39, 0.29) is 11.4 Å². The van der Waals surface area contributed by atoms with E-state index in [1.54, 1.807) is 11.6 Å². The first-order valence-electron chi connectivity index (χ1n) is 8.83. The Balaban J connectivity index is 1.71. The molecule has 3 aliphatic carbocycles. The van der Waals surface area contributed by atoms with Gasteiger partial charge in [-0.05, 0) is 63.5 Å². The van der Waals surface area contributed by atoms with E-state index in [2.05, 4.69) is 4.90 Å². The molecular weight excluding hydrogens is 272 g/mol. The van der Waals surface area contributed by atoms with Gasteiger partial charge in [0.05, 0.1) is 11.4 Å². The molecule has 1 spiro atoms. The van der Waals surface area contributed by atoms with Crippen LogP contribution in [0.5, 0.6) is 0 Å². The molecule has 5 rings (SSSR count). The van der Waals surface area contributed by atoms with Crippen LogP contribution in [0.3, 0.4) is 0 Å². The van der Waals surface area contributed by atoms with Crippen LogP contribution in [0.15, 0.2) is 40.2 Å². The summed E-state index contributed by atoms with van der Waals surface area (Å²) in [5.74, 6) is 0.752. The highest BCUT2D eigenvalue weighted by Gasteiger charge is 2.55. The molecule has 114 valence electrons. The quantitative estimate of drug-likeness (QED) is 0.635. The summed E-state index contributed by atoms with van der Waals surface area (Å²) in [6.07, 6.45) is 16.8. The molecule has 2 heterocycles. The second kappa shape index (κ2) is 4.43. The van der Waals surface area contributed by atoms with Crippen LogP contribution in [0.25, 0.3) is 0 Å². The van der Waals surface area contributed by atoms with Crippen molar-refractivity contribution in [2.45, 2.75) is 63.5 Å². The zero-order valence-corrected chi connectivity index (χ0v) is 13.0. The largest absolute Gasteiger partial charge is 0.318 e. The van der Waals surface area contributed by atoms with E-state index in [0.29, 0.717) is 5.92 Å². The van der Waals surface area contributed by atoms with E-state index in [4.69, 9.17) is 4.99 Å². The predicted molar refractivity (Wildman–Crippen MR) is 86.3 cm³/mol. The first kappa shape index (κ1) is 12.9. The second-order valence-corrected chi connectivity index (χ2v) is 7.38. The van der Waals surface area contributed by atoms with Gasteiger partial charge in [-0.25, -0.2) is 0 Å². The summed E-state index contributed by atoms with van der Waals surface area (Å²) in [4.78, 5) is 19.7. The van der Waals surface area contributed by atoms with Crippen LogP contribution >= 0.6 is 0 Å². The van der Waals surface area contributed by atoms with Crippen LogP contribution in [0.4, 0.5) is 0 Å². The molecule has 0 saturated heterocycles. The van der Waals surface area contributed by atoms with Gasteiger partial charge in [0.25, 0.3) is 0 Å². The lowest BCUT2D eigenvalue weighted by Crippen LogP contribution is -2.53. The van der Waals surface area contributed by atoms with Crippen LogP contribution in [-0.2, 0) is 4.79 Å². The third kappa shape index (κ3) is 1.57. The van der Waals surface area contributed by atoms with E-state index in [1.807, 2.05) is 12.2 Å². The van der Waals surface area contributed by atoms with E-state index in [1.165, 1.54) is 57.1 Å². The Morgan fingerprint density at radius 3 is 3.00 bits per heavy atom. The average molecular weight is 294 g/mol. The maximum Gasteiger partial charge on any atom is 0.180 e. The van der Waals surface area contributed by atoms with Gasteiger partial charge in [0.15, 0.2) is 5.78 Å². The van der Waals surface area contributed by atoms with E-state index >= 15 is 0 Å². The second-order valence-electron chi connectivity index (χ2n) is 7.38. The molecule has 0 N–H and O–H groups in total. The lowest BCUT2D eigenvalue weighted by atomic mass is 9.70. The molecule has 0 aromatic heterocycles. The van der Waals surface area contributed by atoms with Gasteiger partial charge in [-0.1, -0.05) is 12.0 Å². The van der Waals surface area contributed by atoms with Crippen LogP contribution < -0.4 is 0 Å². The molecule has 0 bridgehead atoms. The third-order valence-electron chi connectivity index (χ3n) is 6.20. The topological polar surface area (TPSA) is 32.7 Å². The van der Waals surface area contributed by atoms with Gasteiger partial charge in [0.2, 0.25) is 0 Å². The zero-order chi connectivity index (χ0) is 14.7. The molecule has 0 aromatic rings. The standard InChI is InChI=1S/C19H22N2O/c22-15-8-9-16-18(12-15)21-17-7-2-1-5-13(17)11-14-6-3-4-10-19(14,21)20-16/h8-9,12,14H,1-7,10-11H2/t14-,19-/m0/s1. The highest BCUT2D eigenvalue weighted by Crippen LogP contribution is 2.55. The first-order valence-corrected chi connectivity index (χ1v) is 8.83. The fourth-order valence-corrected chi connectivity index (χ4v) is 5.28. The van der Waals surface area contributed by atoms with Crippen molar-refractivity contribution >= 4 is 11.5 Å². The fourth-order valence-electron chi connectivity index (χ4n) is 5.28. The molecule has 22 heavy (non-hydrogen) atoms. The van der Waals surface area contributed by atoms with Crippen molar-refractivity contribution in [1.29, 1.82) is 0 Å². The van der Waals surface area contributed by atoms with Gasteiger partial charge < -0.3 is 4.90 Å². The molecule has 0 amide bonds. The summed E-state index contributed by atoms with van der Waals surface area (Å²) < 4.78 is 0. The zero-order valence-electron chi connectivity index (χ0n) is 13.0. The Kier molecular flexibility index (Phi) is 2.59. The predicted octanol–water partition coefficient (Wildman–Crippen LogP) is 3.88. The molecule has 5 aliphatic rings. The smallest absolute Gasteiger partial charge is 0.180 e. The van der Waals surface area contributed by atoms with Crippen molar-refractivity contribution in [3.63, 3.8) is 0 Å². The van der Waals surface area contributed by atoms with Gasteiger partial charge in [-0.3, -0.25) is 9.79 Å². The minimum Gasteiger partial charge on any atom is -0.318 e. The van der Waals surface area contributed by atoms with E-state index < -0.39 is 0 Å². The number of rotatable bonds is 0. The number of carbonyl (C=O) groups excluding carboxylic acids is 1. The van der Waals surface area contributed by atoms with Gasteiger partial charge in [0, 0.05) is 17.7 Å². The van der Waals surface area contributed by atoms with Crippen molar-refractivity contribution in [1.82, 2.24) is 4.90 Å². The molecule has 0 unspecified atom stereocenters. The van der Waals surface area contributed by atoms with Crippen LogP contribution in [0, 0.1) is 5.92 Å². The summed E-state index contributed by atoms with van der Waals surface area (Å²) in [6, 6.07) is 0. The monoisotopic (exact) mass is 294 g/mol. The summed E-state index contributed by atoms with van der Waals surface area (Å²) in [5.41, 5.74) is 5.25. The van der Waals surface area contributed by atoms with Crippen molar-refractivity contribution in [3.8, 4) is 0 Å². The number of carbonyl (C=O) groups is 1. The van der Waals surface area contributed by atoms with Crippen LogP contribution in [-0.4, -0.2) is 22.1 Å². The van der Waals surface area contributed by atoms with Crippen molar-refractivity contribution < 1.29 is 4.79 Å². The number of aliphatic imine (C=N–C) groups is 1. The molecule has 1 fully saturated rings. The Hall–Kier alpha value is -1.64. The lowest BCUT2D eigenvalue weighted by molar-refractivity contribution is -0.110. The highest BCUT2D eigenvalue weighted by atomic mass is 16.1. The number of hydrogen-bond acceptors (Lipinski definition) is 3. The average Bonchev–Trinajstić information content (AvgIpc) is 2.86. The van der Waals surface area contributed by atoms with E-state index in [9.17, 15) is 4.79 Å². The van der Waals surface area contributed by atoms with Gasteiger partial charge >= 0.3 is 0 Å². The summed E-state index contributed by atoms with van der Waals surface area (Å²) in [5, 5.41) is 0. The summed E-state index contributed by atoms with van der Waals surface area (Å²) >= 11 is 0. The lowest BCUT2D eigenvalue weighted by Gasteiger charge is -2.52. The first-order chi connectivity index (χ1) is 10.8. The summed E-state index contributed by atoms with van der Waals surface area (Å²) in [6.45, 7) is 0. The maximum atomic E-state index is 11.9. The van der Waals surface area contributed by atoms with Gasteiger partial charge in [0.1, 0.15) is 5.66 Å². The summed E-state index contributed by atoms with van der Waals surface area (Å²) in [7, 11) is 0. The minimum absolute atomic E-state index is 0.0649. The molecule has 2 aliphatic heterocycles. The number of hydrogen-bond donors (Lipinski definition) is 0. The third-order valence-corrected chi connectivity index (χ3v) is 6.20. The molecular formula is C19H22N2O. The normalized spacial score (nSPS) is 36.3. The highest BCUT2D eigenvalue weighted by molar-refractivity contribution is 6.20. The number of nitrogens with zero attached hydrogens (tertiary/aromatic N) is 2. The molecule has 2 atom stereocenters. The minimum atomic E-state index is -0.0649. The Labute approximate surface area is 131 Å². The molecule has 0 aromatic carbocycles.